The molecule has 0 radical (unpaired) electrons. The quantitative estimate of drug-likeness (QED) is 0.540. The number of hydrogen-bond acceptors (Lipinski definition) is 2. The van der Waals surface area contributed by atoms with Crippen molar-refractivity contribution in [3.63, 3.8) is 0 Å². The average molecular weight is 215 g/mol. The van der Waals surface area contributed by atoms with Gasteiger partial charge in [-0.2, -0.15) is 0 Å². The molecule has 0 bridgehead atoms. The fourth-order valence-electron chi connectivity index (χ4n) is 1.11. The molecule has 0 aromatic rings. The lowest BCUT2D eigenvalue weighted by Crippen LogP contribution is -1.87. The molecule has 0 aromatic carbocycles. The SMILES string of the molecule is O=Cc1cc2cc(Cl)n(Cl)cc-2n1. The summed E-state index contributed by atoms with van der Waals surface area (Å²) in [6.07, 6.45) is 2.25. The molecular formula is C8H4Cl2N2O. The van der Waals surface area contributed by atoms with Gasteiger partial charge >= 0.3 is 0 Å². The molecule has 2 rings (SSSR count). The summed E-state index contributed by atoms with van der Waals surface area (Å²) in [5.41, 5.74) is 1.85. The van der Waals surface area contributed by atoms with Crippen LogP contribution in [0.5, 0.6) is 0 Å². The molecule has 2 aliphatic heterocycles. The van der Waals surface area contributed by atoms with Gasteiger partial charge in [0.2, 0.25) is 0 Å². The van der Waals surface area contributed by atoms with Gasteiger partial charge in [-0.15, -0.1) is 0 Å². The molecule has 0 amide bonds. The molecule has 0 atom stereocenters. The number of rotatable bonds is 1. The van der Waals surface area contributed by atoms with E-state index in [0.717, 1.165) is 5.56 Å². The highest BCUT2D eigenvalue weighted by Gasteiger charge is 2.10. The van der Waals surface area contributed by atoms with E-state index in [1.165, 1.54) is 4.09 Å². The summed E-state index contributed by atoms with van der Waals surface area (Å²) in [6, 6.07) is 3.31. The predicted octanol–water partition coefficient (Wildman–Crippen LogP) is 2.46. The van der Waals surface area contributed by atoms with Crippen LogP contribution in [0, 0.1) is 0 Å². The molecule has 66 valence electrons. The summed E-state index contributed by atoms with van der Waals surface area (Å²) in [5.74, 6) is 0. The summed E-state index contributed by atoms with van der Waals surface area (Å²) in [6.45, 7) is 0. The average Bonchev–Trinajstić information content (AvgIpc) is 2.48. The molecule has 0 aromatic heterocycles. The van der Waals surface area contributed by atoms with Crippen molar-refractivity contribution in [3.8, 4) is 11.3 Å². The van der Waals surface area contributed by atoms with Gasteiger partial charge in [0.1, 0.15) is 10.8 Å². The Morgan fingerprint density at radius 3 is 2.92 bits per heavy atom. The van der Waals surface area contributed by atoms with Crippen LogP contribution in [0.15, 0.2) is 18.3 Å². The van der Waals surface area contributed by atoms with E-state index in [4.69, 9.17) is 23.4 Å². The summed E-state index contributed by atoms with van der Waals surface area (Å²) >= 11 is 11.5. The highest BCUT2D eigenvalue weighted by Crippen LogP contribution is 2.26. The topological polar surface area (TPSA) is 34.9 Å². The van der Waals surface area contributed by atoms with Gasteiger partial charge in [0.15, 0.2) is 6.29 Å². The maximum absolute atomic E-state index is 10.4. The monoisotopic (exact) mass is 214 g/mol. The van der Waals surface area contributed by atoms with Crippen molar-refractivity contribution < 1.29 is 4.79 Å². The molecule has 0 aliphatic carbocycles. The van der Waals surface area contributed by atoms with Gasteiger partial charge in [-0.1, -0.05) is 11.6 Å². The van der Waals surface area contributed by atoms with Gasteiger partial charge in [0.25, 0.3) is 0 Å². The Labute approximate surface area is 84.4 Å². The fourth-order valence-corrected chi connectivity index (χ4v) is 1.42. The fraction of sp³-hybridized carbons (Fsp3) is 0. The van der Waals surface area contributed by atoms with Gasteiger partial charge in [-0.3, -0.25) is 4.79 Å². The molecule has 2 aliphatic rings. The standard InChI is InChI=1S/C8H4Cl2N2O/c9-8-2-5-1-6(4-13)11-7(5)3-12(8)10/h1-4H. The number of nitrogens with zero attached hydrogens (tertiary/aromatic N) is 2. The molecular weight excluding hydrogens is 211 g/mol. The number of aldehydes is 1. The van der Waals surface area contributed by atoms with Crippen LogP contribution in [0.3, 0.4) is 0 Å². The van der Waals surface area contributed by atoms with E-state index >= 15 is 0 Å². The Morgan fingerprint density at radius 1 is 1.46 bits per heavy atom. The number of carbonyl (C=O) groups excluding carboxylic acids is 1. The Kier molecular flexibility index (Phi) is 1.98. The second kappa shape index (κ2) is 3.01. The van der Waals surface area contributed by atoms with Gasteiger partial charge in [0, 0.05) is 23.5 Å². The molecule has 13 heavy (non-hydrogen) atoms. The molecule has 0 unspecified atom stereocenters. The summed E-state index contributed by atoms with van der Waals surface area (Å²) in [5, 5.41) is 0.388. The number of halogens is 2. The first-order valence-corrected chi connectivity index (χ1v) is 4.22. The predicted molar refractivity (Wildman–Crippen MR) is 50.5 cm³/mol. The van der Waals surface area contributed by atoms with E-state index in [-0.39, 0.29) is 0 Å². The Bertz CT molecular complexity index is 402. The van der Waals surface area contributed by atoms with E-state index in [1.54, 1.807) is 18.3 Å². The van der Waals surface area contributed by atoms with Crippen molar-refractivity contribution in [2.24, 2.45) is 0 Å². The van der Waals surface area contributed by atoms with Crippen molar-refractivity contribution in [2.45, 2.75) is 0 Å². The van der Waals surface area contributed by atoms with Crippen LogP contribution in [0.25, 0.3) is 11.3 Å². The second-order valence-corrected chi connectivity index (χ2v) is 3.30. The van der Waals surface area contributed by atoms with E-state index in [9.17, 15) is 4.79 Å². The lowest BCUT2D eigenvalue weighted by atomic mass is 10.2. The van der Waals surface area contributed by atoms with Crippen LogP contribution in [-0.2, 0) is 0 Å². The zero-order valence-electron chi connectivity index (χ0n) is 6.37. The lowest BCUT2D eigenvalue weighted by molar-refractivity contribution is 0.111. The molecule has 0 N–H and O–H groups in total. The number of hydrogen-bond donors (Lipinski definition) is 0. The van der Waals surface area contributed by atoms with Crippen molar-refractivity contribution in [1.29, 1.82) is 0 Å². The third-order valence-corrected chi connectivity index (χ3v) is 2.34. The van der Waals surface area contributed by atoms with Gasteiger partial charge < -0.3 is 0 Å². The van der Waals surface area contributed by atoms with Crippen molar-refractivity contribution in [3.05, 3.63) is 29.2 Å². The van der Waals surface area contributed by atoms with Crippen LogP contribution in [-0.4, -0.2) is 15.4 Å². The summed E-state index contributed by atoms with van der Waals surface area (Å²) in [7, 11) is 0. The molecule has 5 heteroatoms. The van der Waals surface area contributed by atoms with Crippen LogP contribution < -0.4 is 0 Å². The maximum Gasteiger partial charge on any atom is 0.168 e. The van der Waals surface area contributed by atoms with Crippen LogP contribution in [0.4, 0.5) is 0 Å². The van der Waals surface area contributed by atoms with Crippen molar-refractivity contribution in [2.75, 3.05) is 0 Å². The van der Waals surface area contributed by atoms with Crippen LogP contribution in [0.2, 0.25) is 5.15 Å². The third kappa shape index (κ3) is 1.41. The Hall–Kier alpha value is -1.06. The minimum atomic E-state index is 0.383. The number of pyridine rings is 1. The first kappa shape index (κ1) is 8.53. The van der Waals surface area contributed by atoms with Gasteiger partial charge in [-0.25, -0.2) is 9.07 Å². The second-order valence-electron chi connectivity index (χ2n) is 2.55. The maximum atomic E-state index is 10.4. The van der Waals surface area contributed by atoms with E-state index in [0.29, 0.717) is 22.8 Å². The largest absolute Gasteiger partial charge is 0.296 e. The third-order valence-electron chi connectivity index (χ3n) is 1.68. The van der Waals surface area contributed by atoms with Crippen LogP contribution >= 0.6 is 23.4 Å². The van der Waals surface area contributed by atoms with E-state index < -0.39 is 0 Å². The lowest BCUT2D eigenvalue weighted by Gasteiger charge is -2.01. The smallest absolute Gasteiger partial charge is 0.168 e. The van der Waals surface area contributed by atoms with Crippen molar-refractivity contribution in [1.82, 2.24) is 9.07 Å². The number of aromatic nitrogens is 2. The minimum Gasteiger partial charge on any atom is -0.296 e. The minimum absolute atomic E-state index is 0.383. The number of fused-ring (bicyclic) bond motifs is 1. The zero-order chi connectivity index (χ0) is 9.42. The van der Waals surface area contributed by atoms with Gasteiger partial charge in [0.05, 0.1) is 5.69 Å². The molecule has 0 saturated heterocycles. The van der Waals surface area contributed by atoms with E-state index in [1.807, 2.05) is 0 Å². The van der Waals surface area contributed by atoms with Gasteiger partial charge in [-0.05, 0) is 12.1 Å². The highest BCUT2D eigenvalue weighted by atomic mass is 35.5. The molecule has 2 heterocycles. The molecule has 0 fully saturated rings. The zero-order valence-corrected chi connectivity index (χ0v) is 7.88. The Morgan fingerprint density at radius 2 is 2.23 bits per heavy atom. The van der Waals surface area contributed by atoms with E-state index in [2.05, 4.69) is 4.98 Å². The normalized spacial score (nSPS) is 10.6. The van der Waals surface area contributed by atoms with Crippen molar-refractivity contribution >= 4 is 29.7 Å². The summed E-state index contributed by atoms with van der Waals surface area (Å²) in [4.78, 5) is 14.4. The first-order chi connectivity index (χ1) is 6.20. The van der Waals surface area contributed by atoms with Crippen LogP contribution in [0.1, 0.15) is 10.5 Å². The molecule has 0 spiro atoms. The number of carbonyl (C=O) groups is 1. The Balaban J connectivity index is 2.71. The first-order valence-electron chi connectivity index (χ1n) is 3.50. The molecule has 0 saturated carbocycles. The summed E-state index contributed by atoms with van der Waals surface area (Å²) < 4.78 is 1.23. The molecule has 3 nitrogen and oxygen atoms in total. The highest BCUT2D eigenvalue weighted by molar-refractivity contribution is 6.33.